The third-order valence-corrected chi connectivity index (χ3v) is 3.81. The molecule has 1 aliphatic heterocycles. The molecule has 0 aromatic heterocycles. The fraction of sp³-hybridized carbons (Fsp3) is 0. The summed E-state index contributed by atoms with van der Waals surface area (Å²) in [5.74, 6) is 0.291. The van der Waals surface area contributed by atoms with Gasteiger partial charge in [0.15, 0.2) is 0 Å². The number of para-hydroxylation sites is 1. The molecule has 0 unspecified atom stereocenters. The molecule has 0 aliphatic carbocycles. The van der Waals surface area contributed by atoms with Gasteiger partial charge in [-0.15, -0.1) is 0 Å². The normalized spacial score (nSPS) is 14.8. The number of aromatic hydroxyl groups is 1. The molecule has 0 spiro atoms. The molecule has 100 valence electrons. The fourth-order valence-electron chi connectivity index (χ4n) is 2.75. The number of allylic oxidation sites excluding steroid dienone is 1. The Labute approximate surface area is 122 Å². The number of rotatable bonds is 1. The smallest absolute Gasteiger partial charge is 0.123 e. The van der Waals surface area contributed by atoms with E-state index in [1.54, 1.807) is 6.07 Å². The molecule has 4 rings (SSSR count). The highest BCUT2D eigenvalue weighted by atomic mass is 16.3. The second kappa shape index (κ2) is 4.60. The van der Waals surface area contributed by atoms with E-state index in [-0.39, 0.29) is 0 Å². The Morgan fingerprint density at radius 1 is 0.857 bits per heavy atom. The van der Waals surface area contributed by atoms with Crippen LogP contribution in [-0.2, 0) is 0 Å². The molecule has 0 atom stereocenters. The number of hydrogen-bond acceptors (Lipinski definition) is 2. The Hall–Kier alpha value is -2.87. The standard InChI is InChI=1S/C19H13NO/c21-19-10-9-13-5-1-2-6-15(13)17(19)11-14-12-20-18-8-4-3-7-16(14)18/h1-12,21H/b14-11+. The third-order valence-electron chi connectivity index (χ3n) is 3.81. The van der Waals surface area contributed by atoms with Crippen molar-refractivity contribution < 1.29 is 5.11 Å². The van der Waals surface area contributed by atoms with Crippen molar-refractivity contribution in [2.75, 3.05) is 0 Å². The van der Waals surface area contributed by atoms with E-state index in [9.17, 15) is 5.11 Å². The van der Waals surface area contributed by atoms with Crippen molar-refractivity contribution in [1.82, 2.24) is 0 Å². The zero-order valence-electron chi connectivity index (χ0n) is 11.3. The Bertz CT molecular complexity index is 906. The molecule has 0 saturated heterocycles. The Morgan fingerprint density at radius 3 is 2.62 bits per heavy atom. The van der Waals surface area contributed by atoms with Gasteiger partial charge in [0.05, 0.1) is 5.69 Å². The first-order valence-corrected chi connectivity index (χ1v) is 6.89. The lowest BCUT2D eigenvalue weighted by Gasteiger charge is -2.06. The summed E-state index contributed by atoms with van der Waals surface area (Å²) in [5, 5.41) is 12.4. The predicted octanol–water partition coefficient (Wildman–Crippen LogP) is 4.80. The summed E-state index contributed by atoms with van der Waals surface area (Å²) in [4.78, 5) is 4.41. The molecule has 0 bridgehead atoms. The van der Waals surface area contributed by atoms with Crippen LogP contribution in [0.15, 0.2) is 65.7 Å². The van der Waals surface area contributed by atoms with E-state index in [1.807, 2.05) is 60.8 Å². The summed E-state index contributed by atoms with van der Waals surface area (Å²) in [6.07, 6.45) is 3.86. The maximum absolute atomic E-state index is 10.2. The Kier molecular flexibility index (Phi) is 2.61. The molecule has 0 saturated carbocycles. The van der Waals surface area contributed by atoms with E-state index in [2.05, 4.69) is 11.1 Å². The van der Waals surface area contributed by atoms with Gasteiger partial charge in [-0.25, -0.2) is 0 Å². The van der Waals surface area contributed by atoms with E-state index in [1.165, 1.54) is 0 Å². The highest BCUT2D eigenvalue weighted by molar-refractivity contribution is 6.22. The SMILES string of the molecule is Oc1ccc2ccccc2c1/C=C1\C=Nc2ccccc21. The summed E-state index contributed by atoms with van der Waals surface area (Å²) in [6, 6.07) is 19.8. The van der Waals surface area contributed by atoms with E-state index in [0.717, 1.165) is 33.2 Å². The number of benzene rings is 3. The topological polar surface area (TPSA) is 32.6 Å². The van der Waals surface area contributed by atoms with Gasteiger partial charge in [-0.05, 0) is 29.0 Å². The molecule has 1 aliphatic rings. The molecular weight excluding hydrogens is 258 g/mol. The third kappa shape index (κ3) is 1.93. The van der Waals surface area contributed by atoms with Crippen LogP contribution in [0, 0.1) is 0 Å². The number of fused-ring (bicyclic) bond motifs is 2. The molecule has 21 heavy (non-hydrogen) atoms. The predicted molar refractivity (Wildman–Crippen MR) is 88.1 cm³/mol. The summed E-state index contributed by atoms with van der Waals surface area (Å²) in [6.45, 7) is 0. The molecule has 1 N–H and O–H groups in total. The van der Waals surface area contributed by atoms with Gasteiger partial charge in [-0.3, -0.25) is 4.99 Å². The molecule has 0 radical (unpaired) electrons. The van der Waals surface area contributed by atoms with Crippen LogP contribution < -0.4 is 0 Å². The minimum Gasteiger partial charge on any atom is -0.507 e. The van der Waals surface area contributed by atoms with Crippen LogP contribution in [0.3, 0.4) is 0 Å². The molecule has 0 fully saturated rings. The average molecular weight is 271 g/mol. The first kappa shape index (κ1) is 11.9. The van der Waals surface area contributed by atoms with Crippen molar-refractivity contribution in [2.45, 2.75) is 0 Å². The number of hydrogen-bond donors (Lipinski definition) is 1. The van der Waals surface area contributed by atoms with Gasteiger partial charge in [0, 0.05) is 22.9 Å². The fourth-order valence-corrected chi connectivity index (χ4v) is 2.75. The highest BCUT2D eigenvalue weighted by Gasteiger charge is 2.13. The lowest BCUT2D eigenvalue weighted by atomic mass is 9.99. The van der Waals surface area contributed by atoms with Gasteiger partial charge < -0.3 is 5.11 Å². The summed E-state index contributed by atoms with van der Waals surface area (Å²) >= 11 is 0. The first-order chi connectivity index (χ1) is 10.3. The first-order valence-electron chi connectivity index (χ1n) is 6.89. The molecular formula is C19H13NO. The minimum absolute atomic E-state index is 0.291. The summed E-state index contributed by atoms with van der Waals surface area (Å²) in [5.41, 5.74) is 3.94. The van der Waals surface area contributed by atoms with Gasteiger partial charge in [-0.2, -0.15) is 0 Å². The van der Waals surface area contributed by atoms with E-state index in [4.69, 9.17) is 0 Å². The summed E-state index contributed by atoms with van der Waals surface area (Å²) in [7, 11) is 0. The number of aliphatic imine (C=N–C) groups is 1. The van der Waals surface area contributed by atoms with Crippen LogP contribution >= 0.6 is 0 Å². The minimum atomic E-state index is 0.291. The number of phenols is 1. The van der Waals surface area contributed by atoms with Crippen molar-refractivity contribution in [3.63, 3.8) is 0 Å². The van der Waals surface area contributed by atoms with Crippen molar-refractivity contribution in [3.8, 4) is 5.75 Å². The van der Waals surface area contributed by atoms with Crippen molar-refractivity contribution in [1.29, 1.82) is 0 Å². The highest BCUT2D eigenvalue weighted by Crippen LogP contribution is 2.35. The molecule has 0 amide bonds. The van der Waals surface area contributed by atoms with Crippen LogP contribution in [0.25, 0.3) is 22.4 Å². The van der Waals surface area contributed by atoms with Gasteiger partial charge in [0.1, 0.15) is 5.75 Å². The van der Waals surface area contributed by atoms with Gasteiger partial charge in [0.2, 0.25) is 0 Å². The van der Waals surface area contributed by atoms with E-state index in [0.29, 0.717) is 5.75 Å². The lowest BCUT2D eigenvalue weighted by Crippen LogP contribution is -1.84. The zero-order valence-corrected chi connectivity index (χ0v) is 11.3. The van der Waals surface area contributed by atoms with Crippen molar-refractivity contribution in [2.24, 2.45) is 4.99 Å². The maximum Gasteiger partial charge on any atom is 0.123 e. The second-order valence-corrected chi connectivity index (χ2v) is 5.09. The summed E-state index contributed by atoms with van der Waals surface area (Å²) < 4.78 is 0. The second-order valence-electron chi connectivity index (χ2n) is 5.09. The Morgan fingerprint density at radius 2 is 1.67 bits per heavy atom. The van der Waals surface area contributed by atoms with Crippen LogP contribution in [0.4, 0.5) is 5.69 Å². The van der Waals surface area contributed by atoms with Crippen LogP contribution in [0.5, 0.6) is 5.75 Å². The average Bonchev–Trinajstić information content (AvgIpc) is 2.93. The van der Waals surface area contributed by atoms with Crippen molar-refractivity contribution >= 4 is 34.3 Å². The molecule has 1 heterocycles. The van der Waals surface area contributed by atoms with Crippen LogP contribution in [-0.4, -0.2) is 11.3 Å². The number of nitrogens with zero attached hydrogens (tertiary/aromatic N) is 1. The molecule has 3 aromatic carbocycles. The lowest BCUT2D eigenvalue weighted by molar-refractivity contribution is 0.475. The van der Waals surface area contributed by atoms with Crippen LogP contribution in [0.2, 0.25) is 0 Å². The molecule has 2 nitrogen and oxygen atoms in total. The van der Waals surface area contributed by atoms with Gasteiger partial charge >= 0.3 is 0 Å². The maximum atomic E-state index is 10.2. The molecule has 3 aromatic rings. The number of phenolic OH excluding ortho intramolecular Hbond substituents is 1. The quantitative estimate of drug-likeness (QED) is 0.677. The van der Waals surface area contributed by atoms with Gasteiger partial charge in [-0.1, -0.05) is 48.5 Å². The van der Waals surface area contributed by atoms with Gasteiger partial charge in [0.25, 0.3) is 0 Å². The largest absolute Gasteiger partial charge is 0.507 e. The monoisotopic (exact) mass is 271 g/mol. The van der Waals surface area contributed by atoms with E-state index < -0.39 is 0 Å². The zero-order chi connectivity index (χ0) is 14.2. The van der Waals surface area contributed by atoms with E-state index >= 15 is 0 Å². The molecule has 2 heteroatoms. The Balaban J connectivity index is 1.95. The van der Waals surface area contributed by atoms with Crippen molar-refractivity contribution in [3.05, 3.63) is 71.8 Å². The van der Waals surface area contributed by atoms with Crippen LogP contribution in [0.1, 0.15) is 11.1 Å².